The molecule has 22 heavy (non-hydrogen) atoms. The number of hydrogen-bond acceptors (Lipinski definition) is 5. The minimum Gasteiger partial charge on any atom is -0.507 e. The molecular weight excluding hydrogens is 282 g/mol. The Kier molecular flexibility index (Phi) is 3.49. The Morgan fingerprint density at radius 1 is 1.18 bits per heavy atom. The van der Waals surface area contributed by atoms with E-state index in [-0.39, 0.29) is 17.0 Å². The molecule has 0 amide bonds. The van der Waals surface area contributed by atoms with Crippen molar-refractivity contribution in [3.05, 3.63) is 70.4 Å². The molecular formula is C16H11N3O3. The molecule has 6 nitrogen and oxygen atoms in total. The van der Waals surface area contributed by atoms with Crippen LogP contribution in [-0.4, -0.2) is 21.2 Å². The minimum absolute atomic E-state index is 0.0671. The number of benzene rings is 2. The summed E-state index contributed by atoms with van der Waals surface area (Å²) in [6, 6.07) is 13.1. The van der Waals surface area contributed by atoms with Gasteiger partial charge in [0.2, 0.25) is 0 Å². The van der Waals surface area contributed by atoms with Crippen LogP contribution in [0.2, 0.25) is 0 Å². The van der Waals surface area contributed by atoms with E-state index in [9.17, 15) is 15.2 Å². The van der Waals surface area contributed by atoms with Gasteiger partial charge in [0.15, 0.2) is 0 Å². The summed E-state index contributed by atoms with van der Waals surface area (Å²) in [5.41, 5.74) is 1.53. The summed E-state index contributed by atoms with van der Waals surface area (Å²) in [6.45, 7) is 0. The van der Waals surface area contributed by atoms with Crippen LogP contribution in [-0.2, 0) is 0 Å². The molecule has 0 atom stereocenters. The largest absolute Gasteiger partial charge is 0.507 e. The zero-order valence-corrected chi connectivity index (χ0v) is 11.4. The summed E-state index contributed by atoms with van der Waals surface area (Å²) < 4.78 is 0. The maximum Gasteiger partial charge on any atom is 0.270 e. The van der Waals surface area contributed by atoms with Crippen molar-refractivity contribution in [3.63, 3.8) is 0 Å². The van der Waals surface area contributed by atoms with E-state index in [1.54, 1.807) is 12.3 Å². The Bertz CT molecular complexity index is 885. The maximum absolute atomic E-state index is 10.8. The number of nitro benzene ring substituents is 1. The molecule has 0 saturated carbocycles. The monoisotopic (exact) mass is 293 g/mol. The van der Waals surface area contributed by atoms with Gasteiger partial charge >= 0.3 is 0 Å². The number of phenols is 1. The van der Waals surface area contributed by atoms with E-state index in [1.165, 1.54) is 24.4 Å². The smallest absolute Gasteiger partial charge is 0.270 e. The van der Waals surface area contributed by atoms with Crippen molar-refractivity contribution in [3.8, 4) is 5.75 Å². The summed E-state index contributed by atoms with van der Waals surface area (Å²) in [6.07, 6.45) is 3.07. The highest BCUT2D eigenvalue weighted by atomic mass is 16.6. The van der Waals surface area contributed by atoms with Gasteiger partial charge in [-0.15, -0.1) is 0 Å². The first-order valence-electron chi connectivity index (χ1n) is 6.50. The van der Waals surface area contributed by atoms with Crippen LogP contribution in [0, 0.1) is 10.1 Å². The predicted octanol–water partition coefficient (Wildman–Crippen LogP) is 3.60. The van der Waals surface area contributed by atoms with Crippen molar-refractivity contribution < 1.29 is 10.0 Å². The Morgan fingerprint density at radius 2 is 2.00 bits per heavy atom. The Labute approximate surface area is 125 Å². The molecule has 1 heterocycles. The number of aromatic nitrogens is 1. The summed E-state index contributed by atoms with van der Waals surface area (Å²) in [5, 5.41) is 21.5. The number of phenolic OH excluding ortho intramolecular Hbond substituents is 1. The molecule has 1 N–H and O–H groups in total. The van der Waals surface area contributed by atoms with Crippen molar-refractivity contribution in [2.24, 2.45) is 4.99 Å². The van der Waals surface area contributed by atoms with Gasteiger partial charge in [-0.2, -0.15) is 0 Å². The SMILES string of the molecule is O=[N+]([O-])c1ccc(O)c(C=Nc2cccc3cccnc23)c1. The van der Waals surface area contributed by atoms with Crippen LogP contribution in [0.25, 0.3) is 10.9 Å². The third kappa shape index (κ3) is 2.62. The molecule has 2 aromatic carbocycles. The number of fused-ring (bicyclic) bond motifs is 1. The highest BCUT2D eigenvalue weighted by molar-refractivity contribution is 5.93. The van der Waals surface area contributed by atoms with E-state index in [0.29, 0.717) is 5.69 Å². The molecule has 0 aliphatic heterocycles. The molecule has 0 bridgehead atoms. The Hall–Kier alpha value is -3.28. The molecule has 108 valence electrons. The van der Waals surface area contributed by atoms with Crippen molar-refractivity contribution in [1.29, 1.82) is 0 Å². The maximum atomic E-state index is 10.8. The fourth-order valence-electron chi connectivity index (χ4n) is 2.09. The van der Waals surface area contributed by atoms with Crippen LogP contribution in [0.4, 0.5) is 11.4 Å². The average Bonchev–Trinajstić information content (AvgIpc) is 2.54. The van der Waals surface area contributed by atoms with Gasteiger partial charge in [-0.3, -0.25) is 20.1 Å². The second kappa shape index (κ2) is 5.61. The van der Waals surface area contributed by atoms with E-state index >= 15 is 0 Å². The predicted molar refractivity (Wildman–Crippen MR) is 83.8 cm³/mol. The fraction of sp³-hybridized carbons (Fsp3) is 0. The molecule has 0 aliphatic rings. The van der Waals surface area contributed by atoms with Crippen molar-refractivity contribution >= 4 is 28.5 Å². The topological polar surface area (TPSA) is 88.6 Å². The van der Waals surface area contributed by atoms with Gasteiger partial charge in [0.05, 0.1) is 16.1 Å². The standard InChI is InChI=1S/C16H11N3O3/c20-15-7-6-13(19(21)22)9-12(15)10-18-14-5-1-3-11-4-2-8-17-16(11)14/h1-10,20H. The molecule has 0 fully saturated rings. The lowest BCUT2D eigenvalue weighted by Gasteiger charge is -2.01. The molecule has 3 rings (SSSR count). The number of aliphatic imine (C=N–C) groups is 1. The lowest BCUT2D eigenvalue weighted by Crippen LogP contribution is -1.90. The van der Waals surface area contributed by atoms with Crippen molar-refractivity contribution in [2.45, 2.75) is 0 Å². The zero-order valence-electron chi connectivity index (χ0n) is 11.4. The van der Waals surface area contributed by atoms with Gasteiger partial charge < -0.3 is 5.11 Å². The lowest BCUT2D eigenvalue weighted by molar-refractivity contribution is -0.384. The van der Waals surface area contributed by atoms with E-state index in [0.717, 1.165) is 10.9 Å². The first kappa shape index (κ1) is 13.7. The minimum atomic E-state index is -0.518. The van der Waals surface area contributed by atoms with Crippen LogP contribution in [0.3, 0.4) is 0 Å². The number of aromatic hydroxyl groups is 1. The Balaban J connectivity index is 2.03. The molecule has 0 radical (unpaired) electrons. The number of nitro groups is 1. The molecule has 0 saturated heterocycles. The fourth-order valence-corrected chi connectivity index (χ4v) is 2.09. The van der Waals surface area contributed by atoms with E-state index in [1.807, 2.05) is 24.3 Å². The highest BCUT2D eigenvalue weighted by Gasteiger charge is 2.09. The summed E-state index contributed by atoms with van der Waals surface area (Å²) in [7, 11) is 0. The highest BCUT2D eigenvalue weighted by Crippen LogP contribution is 2.25. The second-order valence-electron chi connectivity index (χ2n) is 4.61. The third-order valence-electron chi connectivity index (χ3n) is 3.18. The van der Waals surface area contributed by atoms with Crippen molar-refractivity contribution in [2.75, 3.05) is 0 Å². The summed E-state index contributed by atoms with van der Waals surface area (Å²) in [4.78, 5) is 18.8. The normalized spacial score (nSPS) is 11.1. The third-order valence-corrected chi connectivity index (χ3v) is 3.18. The number of para-hydroxylation sites is 1. The van der Waals surface area contributed by atoms with Gasteiger partial charge in [0.25, 0.3) is 5.69 Å². The number of pyridine rings is 1. The molecule has 0 aliphatic carbocycles. The van der Waals surface area contributed by atoms with Gasteiger partial charge in [-0.05, 0) is 18.2 Å². The zero-order chi connectivity index (χ0) is 15.5. The molecule has 0 unspecified atom stereocenters. The van der Waals surface area contributed by atoms with Crippen LogP contribution in [0.1, 0.15) is 5.56 Å². The summed E-state index contributed by atoms with van der Waals surface area (Å²) >= 11 is 0. The van der Waals surface area contributed by atoms with Gasteiger partial charge in [0.1, 0.15) is 5.75 Å². The van der Waals surface area contributed by atoms with Crippen LogP contribution in [0.15, 0.2) is 59.7 Å². The van der Waals surface area contributed by atoms with Crippen LogP contribution >= 0.6 is 0 Å². The van der Waals surface area contributed by atoms with Crippen LogP contribution in [0.5, 0.6) is 5.75 Å². The summed E-state index contributed by atoms with van der Waals surface area (Å²) in [5.74, 6) is -0.0671. The second-order valence-corrected chi connectivity index (χ2v) is 4.61. The van der Waals surface area contributed by atoms with E-state index in [4.69, 9.17) is 0 Å². The molecule has 1 aromatic heterocycles. The first-order chi connectivity index (χ1) is 10.6. The first-order valence-corrected chi connectivity index (χ1v) is 6.50. The number of rotatable bonds is 3. The number of nitrogens with zero attached hydrogens (tertiary/aromatic N) is 3. The van der Waals surface area contributed by atoms with Gasteiger partial charge in [0, 0.05) is 35.5 Å². The molecule has 6 heteroatoms. The van der Waals surface area contributed by atoms with E-state index < -0.39 is 4.92 Å². The molecule has 0 spiro atoms. The van der Waals surface area contributed by atoms with Gasteiger partial charge in [-0.25, -0.2) is 0 Å². The molecule has 3 aromatic rings. The van der Waals surface area contributed by atoms with Gasteiger partial charge in [-0.1, -0.05) is 18.2 Å². The van der Waals surface area contributed by atoms with Crippen LogP contribution < -0.4 is 0 Å². The van der Waals surface area contributed by atoms with E-state index in [2.05, 4.69) is 9.98 Å². The quantitative estimate of drug-likeness (QED) is 0.454. The number of hydrogen-bond donors (Lipinski definition) is 1. The number of non-ortho nitro benzene ring substituents is 1. The lowest BCUT2D eigenvalue weighted by atomic mass is 10.2. The average molecular weight is 293 g/mol. The Morgan fingerprint density at radius 3 is 2.82 bits per heavy atom. The van der Waals surface area contributed by atoms with Crippen molar-refractivity contribution in [1.82, 2.24) is 4.98 Å².